The van der Waals surface area contributed by atoms with Crippen LogP contribution in [-0.4, -0.2) is 31.1 Å². The van der Waals surface area contributed by atoms with Crippen LogP contribution >= 0.6 is 15.9 Å². The largest absolute Gasteiger partial charge is 0.330 e. The maximum atomic E-state index is 5.55. The lowest BCUT2D eigenvalue weighted by Gasteiger charge is -2.32. The zero-order valence-electron chi connectivity index (χ0n) is 10.2. The quantitative estimate of drug-likeness (QED) is 0.926. The van der Waals surface area contributed by atoms with E-state index in [1.54, 1.807) is 0 Å². The van der Waals surface area contributed by atoms with Gasteiger partial charge in [-0.25, -0.2) is 0 Å². The Labute approximate surface area is 112 Å². The second kappa shape index (κ2) is 6.53. The second-order valence-corrected chi connectivity index (χ2v) is 5.73. The van der Waals surface area contributed by atoms with E-state index in [-0.39, 0.29) is 0 Å². The Bertz CT molecular complexity index is 346. The second-order valence-electron chi connectivity index (χ2n) is 4.81. The van der Waals surface area contributed by atoms with E-state index in [0.717, 1.165) is 18.9 Å². The van der Waals surface area contributed by atoms with Gasteiger partial charge in [-0.15, -0.1) is 0 Å². The number of rotatable bonds is 4. The van der Waals surface area contributed by atoms with E-state index in [1.807, 2.05) is 0 Å². The first-order valence-corrected chi connectivity index (χ1v) is 7.27. The van der Waals surface area contributed by atoms with Crippen molar-refractivity contribution in [2.75, 3.05) is 26.2 Å². The van der Waals surface area contributed by atoms with Gasteiger partial charge >= 0.3 is 0 Å². The van der Waals surface area contributed by atoms with E-state index < -0.39 is 0 Å². The summed E-state index contributed by atoms with van der Waals surface area (Å²) in [4.78, 5) is 2.54. The van der Waals surface area contributed by atoms with Crippen LogP contribution < -0.4 is 5.73 Å². The van der Waals surface area contributed by atoms with Crippen LogP contribution in [0.3, 0.4) is 0 Å². The Kier molecular flexibility index (Phi) is 5.01. The molecule has 0 atom stereocenters. The molecule has 0 aromatic heterocycles. The lowest BCUT2D eigenvalue weighted by Crippen LogP contribution is -2.34. The molecule has 1 saturated heterocycles. The van der Waals surface area contributed by atoms with E-state index in [9.17, 15) is 0 Å². The first kappa shape index (κ1) is 13.1. The van der Waals surface area contributed by atoms with Gasteiger partial charge in [-0.1, -0.05) is 28.1 Å². The zero-order valence-corrected chi connectivity index (χ0v) is 11.8. The van der Waals surface area contributed by atoms with E-state index in [2.05, 4.69) is 45.1 Å². The van der Waals surface area contributed by atoms with Crippen LogP contribution in [-0.2, 0) is 0 Å². The smallest absolute Gasteiger partial charge is 0.0178 e. The molecule has 17 heavy (non-hydrogen) atoms. The number of nitrogens with two attached hydrogens (primary N) is 1. The van der Waals surface area contributed by atoms with Gasteiger partial charge in [-0.05, 0) is 69.1 Å². The number of likely N-dealkylation sites (tertiary alicyclic amines) is 1. The highest BCUT2D eigenvalue weighted by molar-refractivity contribution is 9.10. The molecular formula is C14H21BrN2. The Hall–Kier alpha value is -0.380. The monoisotopic (exact) mass is 296 g/mol. The fraction of sp³-hybridized carbons (Fsp3) is 0.571. The number of halogens is 1. The van der Waals surface area contributed by atoms with Crippen LogP contribution in [0.1, 0.15) is 30.7 Å². The average molecular weight is 297 g/mol. The first-order chi connectivity index (χ1) is 8.29. The predicted molar refractivity (Wildman–Crippen MR) is 76.2 cm³/mol. The molecule has 2 N–H and O–H groups in total. The maximum absolute atomic E-state index is 5.55. The third-order valence-corrected chi connectivity index (χ3v) is 4.08. The molecular weight excluding hydrogens is 276 g/mol. The third-order valence-electron chi connectivity index (χ3n) is 3.59. The Morgan fingerprint density at radius 3 is 2.71 bits per heavy atom. The zero-order chi connectivity index (χ0) is 12.1. The van der Waals surface area contributed by atoms with Crippen LogP contribution in [0.2, 0.25) is 0 Å². The molecule has 0 saturated carbocycles. The van der Waals surface area contributed by atoms with Crippen molar-refractivity contribution in [1.82, 2.24) is 4.90 Å². The molecule has 2 rings (SSSR count). The van der Waals surface area contributed by atoms with Gasteiger partial charge in [-0.2, -0.15) is 0 Å². The van der Waals surface area contributed by atoms with Crippen molar-refractivity contribution in [2.45, 2.75) is 25.2 Å². The average Bonchev–Trinajstić information content (AvgIpc) is 2.37. The Balaban J connectivity index is 1.86. The van der Waals surface area contributed by atoms with Crippen molar-refractivity contribution in [3.8, 4) is 0 Å². The van der Waals surface area contributed by atoms with Gasteiger partial charge in [0.15, 0.2) is 0 Å². The summed E-state index contributed by atoms with van der Waals surface area (Å²) in [5.74, 6) is 0.738. The van der Waals surface area contributed by atoms with Crippen molar-refractivity contribution < 1.29 is 0 Å². The van der Waals surface area contributed by atoms with Crippen LogP contribution in [0.5, 0.6) is 0 Å². The SMILES string of the molecule is NCCCN1CCC(c2cccc(Br)c2)CC1. The van der Waals surface area contributed by atoms with Gasteiger partial charge in [0.05, 0.1) is 0 Å². The summed E-state index contributed by atoms with van der Waals surface area (Å²) in [6.07, 6.45) is 3.68. The van der Waals surface area contributed by atoms with E-state index in [1.165, 1.54) is 42.5 Å². The van der Waals surface area contributed by atoms with Crippen molar-refractivity contribution in [2.24, 2.45) is 5.73 Å². The van der Waals surface area contributed by atoms with Gasteiger partial charge in [0, 0.05) is 4.47 Å². The first-order valence-electron chi connectivity index (χ1n) is 6.47. The maximum Gasteiger partial charge on any atom is 0.0178 e. The summed E-state index contributed by atoms with van der Waals surface area (Å²) in [5.41, 5.74) is 7.03. The molecule has 1 aliphatic rings. The lowest BCUT2D eigenvalue weighted by atomic mass is 9.89. The molecule has 1 aliphatic heterocycles. The summed E-state index contributed by atoms with van der Waals surface area (Å²) < 4.78 is 1.19. The number of piperidine rings is 1. The molecule has 0 amide bonds. The minimum Gasteiger partial charge on any atom is -0.330 e. The standard InChI is InChI=1S/C14H21BrN2/c15-14-4-1-3-13(11-14)12-5-9-17(10-6-12)8-2-7-16/h1,3-4,11-12H,2,5-10,16H2. The number of nitrogens with zero attached hydrogens (tertiary/aromatic N) is 1. The predicted octanol–water partition coefficient (Wildman–Crippen LogP) is 2.98. The molecule has 1 heterocycles. The molecule has 94 valence electrons. The van der Waals surface area contributed by atoms with Crippen molar-refractivity contribution in [1.29, 1.82) is 0 Å². The molecule has 0 radical (unpaired) electrons. The van der Waals surface area contributed by atoms with Gasteiger partial charge in [0.1, 0.15) is 0 Å². The van der Waals surface area contributed by atoms with E-state index in [0.29, 0.717) is 0 Å². The van der Waals surface area contributed by atoms with E-state index in [4.69, 9.17) is 5.73 Å². The molecule has 3 heteroatoms. The summed E-state index contributed by atoms with van der Waals surface area (Å²) in [7, 11) is 0. The summed E-state index contributed by atoms with van der Waals surface area (Å²) in [6.45, 7) is 4.42. The molecule has 0 bridgehead atoms. The van der Waals surface area contributed by atoms with Crippen molar-refractivity contribution in [3.05, 3.63) is 34.3 Å². The number of hydrogen-bond donors (Lipinski definition) is 1. The highest BCUT2D eigenvalue weighted by Gasteiger charge is 2.19. The highest BCUT2D eigenvalue weighted by Crippen LogP contribution is 2.29. The Morgan fingerprint density at radius 1 is 1.29 bits per heavy atom. The normalized spacial score (nSPS) is 18.5. The molecule has 1 fully saturated rings. The van der Waals surface area contributed by atoms with Crippen molar-refractivity contribution >= 4 is 15.9 Å². The molecule has 0 unspecified atom stereocenters. The lowest BCUT2D eigenvalue weighted by molar-refractivity contribution is 0.211. The minimum atomic E-state index is 0.738. The topological polar surface area (TPSA) is 29.3 Å². The van der Waals surface area contributed by atoms with Crippen LogP contribution in [0, 0.1) is 0 Å². The van der Waals surface area contributed by atoms with E-state index >= 15 is 0 Å². The van der Waals surface area contributed by atoms with Crippen LogP contribution in [0.4, 0.5) is 0 Å². The molecule has 1 aromatic carbocycles. The van der Waals surface area contributed by atoms with Gasteiger partial charge < -0.3 is 10.6 Å². The Morgan fingerprint density at radius 2 is 2.06 bits per heavy atom. The van der Waals surface area contributed by atoms with Gasteiger partial charge in [0.2, 0.25) is 0 Å². The van der Waals surface area contributed by atoms with Gasteiger partial charge in [-0.3, -0.25) is 0 Å². The fourth-order valence-electron chi connectivity index (χ4n) is 2.57. The number of hydrogen-bond acceptors (Lipinski definition) is 2. The van der Waals surface area contributed by atoms with Crippen molar-refractivity contribution in [3.63, 3.8) is 0 Å². The minimum absolute atomic E-state index is 0.738. The summed E-state index contributed by atoms with van der Waals surface area (Å²) in [5, 5.41) is 0. The molecule has 0 spiro atoms. The van der Waals surface area contributed by atoms with Crippen LogP contribution in [0.15, 0.2) is 28.7 Å². The van der Waals surface area contributed by atoms with Crippen LogP contribution in [0.25, 0.3) is 0 Å². The summed E-state index contributed by atoms with van der Waals surface area (Å²) in [6, 6.07) is 8.76. The molecule has 1 aromatic rings. The fourth-order valence-corrected chi connectivity index (χ4v) is 2.98. The molecule has 2 nitrogen and oxygen atoms in total. The van der Waals surface area contributed by atoms with Gasteiger partial charge in [0.25, 0.3) is 0 Å². The summed E-state index contributed by atoms with van der Waals surface area (Å²) >= 11 is 3.55. The third kappa shape index (κ3) is 3.80. The molecule has 0 aliphatic carbocycles. The highest BCUT2D eigenvalue weighted by atomic mass is 79.9. The number of benzene rings is 1.